The average molecular weight is 242 g/mol. The van der Waals surface area contributed by atoms with E-state index in [2.05, 4.69) is 17.6 Å². The Labute approximate surface area is 104 Å². The highest BCUT2D eigenvalue weighted by molar-refractivity contribution is 5.74. The molecule has 0 aromatic rings. The first-order valence-corrected chi connectivity index (χ1v) is 6.66. The number of aliphatic hydroxyl groups excluding tert-OH is 1. The Morgan fingerprint density at radius 2 is 2.06 bits per heavy atom. The molecule has 0 spiro atoms. The Balaban J connectivity index is 2.32. The van der Waals surface area contributed by atoms with E-state index < -0.39 is 5.54 Å². The molecule has 0 aromatic heterocycles. The van der Waals surface area contributed by atoms with Crippen molar-refractivity contribution in [1.82, 2.24) is 10.6 Å². The van der Waals surface area contributed by atoms with Gasteiger partial charge in [0, 0.05) is 6.54 Å². The summed E-state index contributed by atoms with van der Waals surface area (Å²) in [6, 6.07) is -0.158. The zero-order valence-corrected chi connectivity index (χ0v) is 11.3. The third kappa shape index (κ3) is 4.19. The first-order valence-electron chi connectivity index (χ1n) is 6.66. The minimum absolute atomic E-state index is 0.0207. The van der Waals surface area contributed by atoms with E-state index in [0.29, 0.717) is 5.41 Å². The number of hydrogen-bond donors (Lipinski definition) is 3. The lowest BCUT2D eigenvalue weighted by atomic mass is 9.97. The van der Waals surface area contributed by atoms with Crippen molar-refractivity contribution in [2.24, 2.45) is 5.41 Å². The van der Waals surface area contributed by atoms with Crippen molar-refractivity contribution in [1.29, 1.82) is 0 Å². The molecule has 3 N–H and O–H groups in total. The van der Waals surface area contributed by atoms with Crippen LogP contribution < -0.4 is 10.6 Å². The number of carbonyl (C=O) groups excluding carboxylic acids is 1. The van der Waals surface area contributed by atoms with Crippen molar-refractivity contribution in [3.8, 4) is 0 Å². The quantitative estimate of drug-likeness (QED) is 0.639. The summed E-state index contributed by atoms with van der Waals surface area (Å²) in [4.78, 5) is 11.7. The van der Waals surface area contributed by atoms with Crippen LogP contribution in [0.1, 0.15) is 52.9 Å². The van der Waals surface area contributed by atoms with Crippen LogP contribution >= 0.6 is 0 Å². The lowest BCUT2D eigenvalue weighted by Gasteiger charge is -2.28. The predicted molar refractivity (Wildman–Crippen MR) is 68.9 cm³/mol. The van der Waals surface area contributed by atoms with E-state index in [-0.39, 0.29) is 12.6 Å². The van der Waals surface area contributed by atoms with Gasteiger partial charge >= 0.3 is 6.03 Å². The minimum Gasteiger partial charge on any atom is -0.394 e. The number of amides is 2. The summed E-state index contributed by atoms with van der Waals surface area (Å²) in [5, 5.41) is 15.1. The molecule has 4 nitrogen and oxygen atoms in total. The number of hydrogen-bond acceptors (Lipinski definition) is 2. The Bertz CT molecular complexity index is 264. The fraction of sp³-hybridized carbons (Fsp3) is 0.923. The Morgan fingerprint density at radius 3 is 2.47 bits per heavy atom. The summed E-state index contributed by atoms with van der Waals surface area (Å²) < 4.78 is 0. The second kappa shape index (κ2) is 5.71. The van der Waals surface area contributed by atoms with E-state index in [0.717, 1.165) is 25.8 Å². The molecule has 0 saturated heterocycles. The van der Waals surface area contributed by atoms with Crippen LogP contribution in [0.4, 0.5) is 4.79 Å². The maximum Gasteiger partial charge on any atom is 0.315 e. The minimum atomic E-state index is -0.498. The van der Waals surface area contributed by atoms with Gasteiger partial charge in [-0.1, -0.05) is 20.3 Å². The van der Waals surface area contributed by atoms with Crippen LogP contribution in [0.25, 0.3) is 0 Å². The summed E-state index contributed by atoms with van der Waals surface area (Å²) in [6.45, 7) is 6.82. The molecule has 4 heteroatoms. The van der Waals surface area contributed by atoms with Gasteiger partial charge in [0.2, 0.25) is 0 Å². The number of rotatable bonds is 7. The summed E-state index contributed by atoms with van der Waals surface area (Å²) in [5.74, 6) is 0. The van der Waals surface area contributed by atoms with Crippen molar-refractivity contribution in [2.45, 2.75) is 58.4 Å². The zero-order chi connectivity index (χ0) is 12.9. The molecule has 0 radical (unpaired) electrons. The van der Waals surface area contributed by atoms with E-state index in [9.17, 15) is 9.90 Å². The Morgan fingerprint density at radius 1 is 1.41 bits per heavy atom. The first-order chi connectivity index (χ1) is 7.99. The molecule has 1 aliphatic carbocycles. The van der Waals surface area contributed by atoms with Gasteiger partial charge in [-0.2, -0.15) is 0 Å². The summed E-state index contributed by atoms with van der Waals surface area (Å²) >= 11 is 0. The zero-order valence-electron chi connectivity index (χ0n) is 11.3. The topological polar surface area (TPSA) is 61.4 Å². The number of urea groups is 1. The third-order valence-corrected chi connectivity index (χ3v) is 3.90. The van der Waals surface area contributed by atoms with Crippen LogP contribution in [0.2, 0.25) is 0 Å². The molecule has 1 saturated carbocycles. The van der Waals surface area contributed by atoms with Gasteiger partial charge < -0.3 is 15.7 Å². The molecule has 0 aromatic carbocycles. The van der Waals surface area contributed by atoms with E-state index in [1.54, 1.807) is 0 Å². The molecule has 1 rings (SSSR count). The van der Waals surface area contributed by atoms with Crippen LogP contribution in [0.15, 0.2) is 0 Å². The second-order valence-electron chi connectivity index (χ2n) is 5.63. The Hall–Kier alpha value is -0.770. The highest BCUT2D eigenvalue weighted by Crippen LogP contribution is 2.47. The molecular weight excluding hydrogens is 216 g/mol. The predicted octanol–water partition coefficient (Wildman–Crippen LogP) is 2.03. The van der Waals surface area contributed by atoms with E-state index >= 15 is 0 Å². The monoisotopic (exact) mass is 242 g/mol. The molecule has 1 aliphatic rings. The van der Waals surface area contributed by atoms with E-state index in [4.69, 9.17) is 0 Å². The van der Waals surface area contributed by atoms with Gasteiger partial charge in [-0.05, 0) is 38.0 Å². The SMILES string of the molecule is CCCC(C)(CO)NC(=O)NCC1(CC)CC1. The lowest BCUT2D eigenvalue weighted by Crippen LogP contribution is -2.53. The molecule has 2 amide bonds. The molecule has 0 aliphatic heterocycles. The molecule has 17 heavy (non-hydrogen) atoms. The van der Waals surface area contributed by atoms with Crippen LogP contribution in [0.3, 0.4) is 0 Å². The average Bonchev–Trinajstić information content (AvgIpc) is 3.07. The highest BCUT2D eigenvalue weighted by atomic mass is 16.3. The Kier molecular flexibility index (Phi) is 4.80. The molecule has 1 unspecified atom stereocenters. The summed E-state index contributed by atoms with van der Waals surface area (Å²) in [6.07, 6.45) is 5.29. The van der Waals surface area contributed by atoms with Gasteiger partial charge in [0.05, 0.1) is 12.1 Å². The summed E-state index contributed by atoms with van der Waals surface area (Å²) in [7, 11) is 0. The number of carbonyl (C=O) groups is 1. The normalized spacial score (nSPS) is 20.5. The maximum atomic E-state index is 11.7. The van der Waals surface area contributed by atoms with Gasteiger partial charge in [-0.25, -0.2) is 4.79 Å². The smallest absolute Gasteiger partial charge is 0.315 e. The molecule has 1 atom stereocenters. The third-order valence-electron chi connectivity index (χ3n) is 3.90. The largest absolute Gasteiger partial charge is 0.394 e. The maximum absolute atomic E-state index is 11.7. The standard InChI is InChI=1S/C13H26N2O2/c1-4-6-12(3,10-16)15-11(17)14-9-13(5-2)7-8-13/h16H,4-10H2,1-3H3,(H2,14,15,17). The van der Waals surface area contributed by atoms with Gasteiger partial charge in [-0.3, -0.25) is 0 Å². The van der Waals surface area contributed by atoms with Crippen LogP contribution in [0.5, 0.6) is 0 Å². The van der Waals surface area contributed by atoms with Crippen molar-refractivity contribution < 1.29 is 9.90 Å². The van der Waals surface area contributed by atoms with Crippen molar-refractivity contribution >= 4 is 6.03 Å². The van der Waals surface area contributed by atoms with Crippen LogP contribution in [0, 0.1) is 5.41 Å². The van der Waals surface area contributed by atoms with Crippen molar-refractivity contribution in [2.75, 3.05) is 13.2 Å². The fourth-order valence-corrected chi connectivity index (χ4v) is 2.15. The molecule has 0 bridgehead atoms. The number of nitrogens with one attached hydrogen (secondary N) is 2. The second-order valence-corrected chi connectivity index (χ2v) is 5.63. The number of aliphatic hydroxyl groups is 1. The molecule has 100 valence electrons. The molecular formula is C13H26N2O2. The van der Waals surface area contributed by atoms with Crippen LogP contribution in [-0.2, 0) is 0 Å². The molecule has 1 fully saturated rings. The van der Waals surface area contributed by atoms with Crippen LogP contribution in [-0.4, -0.2) is 29.8 Å². The van der Waals surface area contributed by atoms with Gasteiger partial charge in [-0.15, -0.1) is 0 Å². The lowest BCUT2D eigenvalue weighted by molar-refractivity contribution is 0.162. The summed E-state index contributed by atoms with van der Waals surface area (Å²) in [5.41, 5.74) is -0.139. The van der Waals surface area contributed by atoms with Crippen molar-refractivity contribution in [3.05, 3.63) is 0 Å². The van der Waals surface area contributed by atoms with Crippen molar-refractivity contribution in [3.63, 3.8) is 0 Å². The molecule has 0 heterocycles. The van der Waals surface area contributed by atoms with E-state index in [1.165, 1.54) is 12.8 Å². The fourth-order valence-electron chi connectivity index (χ4n) is 2.15. The van der Waals surface area contributed by atoms with Gasteiger partial charge in [0.1, 0.15) is 0 Å². The highest BCUT2D eigenvalue weighted by Gasteiger charge is 2.40. The van der Waals surface area contributed by atoms with Gasteiger partial charge in [0.15, 0.2) is 0 Å². The van der Waals surface area contributed by atoms with Gasteiger partial charge in [0.25, 0.3) is 0 Å². The van der Waals surface area contributed by atoms with E-state index in [1.807, 2.05) is 13.8 Å². The first kappa shape index (κ1) is 14.3.